The van der Waals surface area contributed by atoms with Crippen LogP contribution in [0, 0.1) is 21.4 Å². The summed E-state index contributed by atoms with van der Waals surface area (Å²) in [5, 5.41) is 11.3. The van der Waals surface area contributed by atoms with E-state index in [0.29, 0.717) is 24.8 Å². The Hall–Kier alpha value is -3.08. The van der Waals surface area contributed by atoms with Crippen LogP contribution in [0.1, 0.15) is 43.4 Å². The Morgan fingerprint density at radius 2 is 1.62 bits per heavy atom. The molecule has 148 valence electrons. The fourth-order valence-electron chi connectivity index (χ4n) is 4.98. The maximum atomic E-state index is 13.4. The summed E-state index contributed by atoms with van der Waals surface area (Å²) < 4.78 is 0. The highest BCUT2D eigenvalue weighted by Crippen LogP contribution is 2.52. The highest BCUT2D eigenvalue weighted by molar-refractivity contribution is 6.16. The molecule has 0 saturated heterocycles. The second-order valence-corrected chi connectivity index (χ2v) is 8.81. The first-order chi connectivity index (χ1) is 13.8. The number of para-hydroxylation sites is 1. The molecule has 4 rings (SSSR count). The van der Waals surface area contributed by atoms with Gasteiger partial charge in [0, 0.05) is 24.8 Å². The molecule has 0 radical (unpaired) electrons. The molecule has 0 heterocycles. The zero-order chi connectivity index (χ0) is 20.8. The van der Waals surface area contributed by atoms with Crippen LogP contribution in [0.3, 0.4) is 0 Å². The molecule has 2 aromatic rings. The van der Waals surface area contributed by atoms with E-state index in [1.165, 1.54) is 6.07 Å². The predicted molar refractivity (Wildman–Crippen MR) is 110 cm³/mol. The Kier molecular flexibility index (Phi) is 4.49. The lowest BCUT2D eigenvalue weighted by Crippen LogP contribution is -2.53. The summed E-state index contributed by atoms with van der Waals surface area (Å²) in [5.41, 5.74) is 0.777. The molecule has 1 saturated carbocycles. The summed E-state index contributed by atoms with van der Waals surface area (Å²) in [6, 6.07) is 14.1. The second-order valence-electron chi connectivity index (χ2n) is 8.81. The third kappa shape index (κ3) is 3.01. The van der Waals surface area contributed by atoms with Gasteiger partial charge in [0.1, 0.15) is 5.41 Å². The highest BCUT2D eigenvalue weighted by atomic mass is 16.6. The molecular formula is C24H23NO4. The van der Waals surface area contributed by atoms with Gasteiger partial charge in [-0.1, -0.05) is 62.4 Å². The van der Waals surface area contributed by atoms with E-state index in [0.717, 1.165) is 11.1 Å². The lowest BCUT2D eigenvalue weighted by atomic mass is 9.58. The van der Waals surface area contributed by atoms with Crippen molar-refractivity contribution in [2.45, 2.75) is 38.5 Å². The van der Waals surface area contributed by atoms with Gasteiger partial charge in [0.05, 0.1) is 10.5 Å². The molecule has 2 aromatic carbocycles. The van der Waals surface area contributed by atoms with Crippen LogP contribution in [-0.2, 0) is 21.4 Å². The molecule has 0 bridgehead atoms. The van der Waals surface area contributed by atoms with Crippen molar-refractivity contribution in [3.05, 3.63) is 81.4 Å². The van der Waals surface area contributed by atoms with Crippen LogP contribution in [0.25, 0.3) is 6.08 Å². The van der Waals surface area contributed by atoms with Crippen molar-refractivity contribution < 1.29 is 14.5 Å². The highest BCUT2D eigenvalue weighted by Gasteiger charge is 2.59. The normalized spacial score (nSPS) is 22.2. The Balaban J connectivity index is 1.81. The zero-order valence-electron chi connectivity index (χ0n) is 16.6. The largest absolute Gasteiger partial charge is 0.298 e. The van der Waals surface area contributed by atoms with Gasteiger partial charge in [-0.05, 0) is 29.0 Å². The van der Waals surface area contributed by atoms with E-state index in [-0.39, 0.29) is 28.6 Å². The van der Waals surface area contributed by atoms with E-state index in [2.05, 4.69) is 0 Å². The van der Waals surface area contributed by atoms with E-state index in [4.69, 9.17) is 0 Å². The first-order valence-electron chi connectivity index (χ1n) is 9.82. The van der Waals surface area contributed by atoms with Crippen molar-refractivity contribution in [1.82, 2.24) is 0 Å². The van der Waals surface area contributed by atoms with Gasteiger partial charge in [-0.25, -0.2) is 0 Å². The molecule has 0 N–H and O–H groups in total. The summed E-state index contributed by atoms with van der Waals surface area (Å²) in [4.78, 5) is 37.8. The first kappa shape index (κ1) is 19.2. The fourth-order valence-corrected chi connectivity index (χ4v) is 4.98. The Labute approximate surface area is 169 Å². The zero-order valence-corrected chi connectivity index (χ0v) is 16.6. The van der Waals surface area contributed by atoms with Crippen LogP contribution < -0.4 is 0 Å². The van der Waals surface area contributed by atoms with E-state index in [1.54, 1.807) is 24.3 Å². The Morgan fingerprint density at radius 1 is 1.00 bits per heavy atom. The molecule has 29 heavy (non-hydrogen) atoms. The van der Waals surface area contributed by atoms with E-state index in [1.807, 2.05) is 44.2 Å². The Morgan fingerprint density at radius 3 is 2.31 bits per heavy atom. The quantitative estimate of drug-likeness (QED) is 0.434. The number of carbonyl (C=O) groups is 2. The van der Waals surface area contributed by atoms with Crippen LogP contribution >= 0.6 is 0 Å². The van der Waals surface area contributed by atoms with Gasteiger partial charge < -0.3 is 0 Å². The summed E-state index contributed by atoms with van der Waals surface area (Å²) >= 11 is 0. The minimum atomic E-state index is -1.17. The maximum absolute atomic E-state index is 13.4. The minimum Gasteiger partial charge on any atom is -0.298 e. The molecule has 1 atom stereocenters. The number of Topliss-reactive ketones (excluding diaryl/α,β-unsaturated/α-hetero) is 2. The van der Waals surface area contributed by atoms with Crippen molar-refractivity contribution in [1.29, 1.82) is 0 Å². The van der Waals surface area contributed by atoms with Crippen molar-refractivity contribution in [3.8, 4) is 0 Å². The molecule has 0 amide bonds. The molecule has 5 heteroatoms. The number of ketones is 2. The number of allylic oxidation sites excluding steroid dienone is 1. The lowest BCUT2D eigenvalue weighted by Gasteiger charge is -2.41. The van der Waals surface area contributed by atoms with Gasteiger partial charge in [-0.2, -0.15) is 0 Å². The molecule has 1 fully saturated rings. The number of nitro groups is 1. The number of nitro benzene ring substituents is 1. The summed E-state index contributed by atoms with van der Waals surface area (Å²) in [6.45, 7) is 3.91. The summed E-state index contributed by atoms with van der Waals surface area (Å²) in [6.07, 6.45) is 4.80. The summed E-state index contributed by atoms with van der Waals surface area (Å²) in [7, 11) is 0. The molecule has 1 spiro atoms. The van der Waals surface area contributed by atoms with Crippen LogP contribution in [0.2, 0.25) is 0 Å². The monoisotopic (exact) mass is 389 g/mol. The van der Waals surface area contributed by atoms with Crippen molar-refractivity contribution >= 4 is 23.3 Å². The smallest absolute Gasteiger partial charge is 0.276 e. The molecule has 5 nitrogen and oxygen atoms in total. The number of nitrogens with zero attached hydrogens (tertiary/aromatic N) is 1. The first-order valence-corrected chi connectivity index (χ1v) is 9.82. The van der Waals surface area contributed by atoms with E-state index >= 15 is 0 Å². The molecule has 0 aromatic heterocycles. The topological polar surface area (TPSA) is 77.3 Å². The maximum Gasteiger partial charge on any atom is 0.276 e. The van der Waals surface area contributed by atoms with Gasteiger partial charge in [-0.15, -0.1) is 0 Å². The van der Waals surface area contributed by atoms with Gasteiger partial charge in [0.2, 0.25) is 0 Å². The number of fused-ring (bicyclic) bond motifs is 2. The number of hydrogen-bond donors (Lipinski definition) is 0. The molecule has 2 aliphatic carbocycles. The lowest BCUT2D eigenvalue weighted by molar-refractivity contribution is -0.385. The Bertz CT molecular complexity index is 1030. The summed E-state index contributed by atoms with van der Waals surface area (Å²) in [5.74, 6) is -0.419. The van der Waals surface area contributed by atoms with Crippen LogP contribution in [0.15, 0.2) is 54.6 Å². The number of carbonyl (C=O) groups excluding carboxylic acids is 2. The average Bonchev–Trinajstić information content (AvgIpc) is 2.99. The average molecular weight is 389 g/mol. The van der Waals surface area contributed by atoms with Crippen LogP contribution in [0.4, 0.5) is 5.69 Å². The molecule has 2 aliphatic rings. The minimum absolute atomic E-state index is 0.00995. The number of rotatable bonds is 3. The second kappa shape index (κ2) is 6.76. The number of benzene rings is 2. The van der Waals surface area contributed by atoms with Crippen molar-refractivity contribution in [2.75, 3.05) is 0 Å². The number of hydrogen-bond acceptors (Lipinski definition) is 4. The predicted octanol–water partition coefficient (Wildman–Crippen LogP) is 4.68. The fraction of sp³-hybridized carbons (Fsp3) is 0.333. The standard InChI is InChI=1S/C24H23NO4/c1-23(2)14-21(26)24(22(27)15-23)18(13-17-8-3-5-9-19(17)24)12-11-16-7-4-6-10-20(16)25(28)29/h3-12,18H,13-15H2,1-2H3/b12-11+. The van der Waals surface area contributed by atoms with Crippen LogP contribution in [0.5, 0.6) is 0 Å². The van der Waals surface area contributed by atoms with Gasteiger partial charge in [0.25, 0.3) is 5.69 Å². The van der Waals surface area contributed by atoms with Gasteiger partial charge in [-0.3, -0.25) is 19.7 Å². The third-order valence-electron chi connectivity index (χ3n) is 6.24. The van der Waals surface area contributed by atoms with Crippen molar-refractivity contribution in [2.24, 2.45) is 11.3 Å². The SMILES string of the molecule is CC1(C)CC(=O)C2(C(=O)C1)c1ccccc1CC2/C=C/c1ccccc1[N+](=O)[O-]. The molecular weight excluding hydrogens is 366 g/mol. The van der Waals surface area contributed by atoms with E-state index < -0.39 is 10.3 Å². The van der Waals surface area contributed by atoms with E-state index in [9.17, 15) is 19.7 Å². The molecule has 1 unspecified atom stereocenters. The van der Waals surface area contributed by atoms with Crippen LogP contribution in [-0.4, -0.2) is 16.5 Å². The van der Waals surface area contributed by atoms with Gasteiger partial charge >= 0.3 is 0 Å². The molecule has 0 aliphatic heterocycles. The van der Waals surface area contributed by atoms with Crippen molar-refractivity contribution in [3.63, 3.8) is 0 Å². The van der Waals surface area contributed by atoms with Gasteiger partial charge in [0.15, 0.2) is 11.6 Å². The third-order valence-corrected chi connectivity index (χ3v) is 6.24.